The molecule has 180 valence electrons. The van der Waals surface area contributed by atoms with Crippen molar-refractivity contribution in [3.63, 3.8) is 0 Å². The summed E-state index contributed by atoms with van der Waals surface area (Å²) in [6.45, 7) is 5.01. The lowest BCUT2D eigenvalue weighted by atomic mass is 9.62. The number of nitrogens with one attached hydrogen (secondary N) is 2. The van der Waals surface area contributed by atoms with Crippen LogP contribution < -0.4 is 10.6 Å². The van der Waals surface area contributed by atoms with Crippen molar-refractivity contribution in [1.82, 2.24) is 15.5 Å². The molecule has 34 heavy (non-hydrogen) atoms. The van der Waals surface area contributed by atoms with Crippen molar-refractivity contribution in [1.29, 1.82) is 0 Å². The van der Waals surface area contributed by atoms with Crippen LogP contribution in [0.5, 0.6) is 0 Å². The molecule has 2 aliphatic heterocycles. The number of halogens is 1. The van der Waals surface area contributed by atoms with Crippen LogP contribution in [0, 0.1) is 11.2 Å². The lowest BCUT2D eigenvalue weighted by Crippen LogP contribution is -2.59. The molecule has 1 atom stereocenters. The summed E-state index contributed by atoms with van der Waals surface area (Å²) >= 11 is 0. The predicted molar refractivity (Wildman–Crippen MR) is 127 cm³/mol. The molecule has 2 heterocycles. The minimum Gasteiger partial charge on any atom is -0.355 e. The third kappa shape index (κ3) is 5.13. The molecular weight excluding hydrogens is 433 g/mol. The van der Waals surface area contributed by atoms with Gasteiger partial charge in [0.1, 0.15) is 11.4 Å². The van der Waals surface area contributed by atoms with Gasteiger partial charge in [0.05, 0.1) is 6.42 Å². The molecule has 7 heteroatoms. The van der Waals surface area contributed by atoms with Gasteiger partial charge in [0.2, 0.25) is 17.7 Å². The number of piperidine rings is 2. The summed E-state index contributed by atoms with van der Waals surface area (Å²) in [6, 6.07) is 15.9. The summed E-state index contributed by atoms with van der Waals surface area (Å²) in [7, 11) is 0. The first kappa shape index (κ1) is 23.9. The maximum atomic E-state index is 13.5. The van der Waals surface area contributed by atoms with Crippen LogP contribution in [0.15, 0.2) is 54.6 Å². The molecule has 3 amide bonds. The van der Waals surface area contributed by atoms with E-state index in [1.807, 2.05) is 30.3 Å². The van der Waals surface area contributed by atoms with Crippen molar-refractivity contribution in [2.75, 3.05) is 19.6 Å². The summed E-state index contributed by atoms with van der Waals surface area (Å²) in [5.74, 6) is -0.511. The Bertz CT molecular complexity index is 1040. The van der Waals surface area contributed by atoms with E-state index in [-0.39, 0.29) is 41.3 Å². The van der Waals surface area contributed by atoms with E-state index in [0.29, 0.717) is 38.9 Å². The first-order valence-corrected chi connectivity index (χ1v) is 11.8. The van der Waals surface area contributed by atoms with Crippen molar-refractivity contribution in [2.24, 2.45) is 5.41 Å². The topological polar surface area (TPSA) is 78.5 Å². The Morgan fingerprint density at radius 1 is 1.09 bits per heavy atom. The molecule has 2 fully saturated rings. The molecule has 0 aliphatic carbocycles. The van der Waals surface area contributed by atoms with Crippen LogP contribution in [0.25, 0.3) is 0 Å². The number of hydrogen-bond donors (Lipinski definition) is 2. The Labute approximate surface area is 199 Å². The highest BCUT2D eigenvalue weighted by molar-refractivity contribution is 5.91. The molecule has 4 rings (SSSR count). The molecule has 2 aromatic carbocycles. The summed E-state index contributed by atoms with van der Waals surface area (Å²) in [5.41, 5.74) is 0.606. The lowest BCUT2D eigenvalue weighted by molar-refractivity contribution is -0.143. The van der Waals surface area contributed by atoms with Crippen LogP contribution in [0.1, 0.15) is 50.2 Å². The van der Waals surface area contributed by atoms with Gasteiger partial charge >= 0.3 is 0 Å². The largest absolute Gasteiger partial charge is 0.355 e. The van der Waals surface area contributed by atoms with Gasteiger partial charge in [-0.3, -0.25) is 14.4 Å². The Kier molecular flexibility index (Phi) is 6.73. The molecule has 2 aliphatic rings. The molecule has 2 aromatic rings. The molecular formula is C27H32FN3O3. The zero-order valence-electron chi connectivity index (χ0n) is 19.8. The van der Waals surface area contributed by atoms with Gasteiger partial charge in [-0.15, -0.1) is 0 Å². The molecule has 0 aromatic heterocycles. The Morgan fingerprint density at radius 2 is 1.74 bits per heavy atom. The van der Waals surface area contributed by atoms with E-state index in [0.717, 1.165) is 11.1 Å². The second-order valence-electron chi connectivity index (χ2n) is 10.1. The van der Waals surface area contributed by atoms with Gasteiger partial charge in [0.15, 0.2) is 0 Å². The average molecular weight is 466 g/mol. The minimum absolute atomic E-state index is 0.0200. The maximum absolute atomic E-state index is 13.5. The molecule has 0 bridgehead atoms. The molecule has 2 saturated heterocycles. The zero-order valence-corrected chi connectivity index (χ0v) is 19.8. The fourth-order valence-electron chi connectivity index (χ4n) is 5.41. The smallest absolute Gasteiger partial charge is 0.247 e. The van der Waals surface area contributed by atoms with Crippen LogP contribution in [-0.2, 0) is 20.8 Å². The third-order valence-corrected chi connectivity index (χ3v) is 7.27. The Morgan fingerprint density at radius 3 is 2.38 bits per heavy atom. The van der Waals surface area contributed by atoms with Gasteiger partial charge in [-0.2, -0.15) is 0 Å². The maximum Gasteiger partial charge on any atom is 0.247 e. The van der Waals surface area contributed by atoms with E-state index in [2.05, 4.69) is 10.6 Å². The summed E-state index contributed by atoms with van der Waals surface area (Å²) in [4.78, 5) is 40.0. The number of rotatable bonds is 5. The summed E-state index contributed by atoms with van der Waals surface area (Å²) in [6.07, 6.45) is 1.98. The van der Waals surface area contributed by atoms with E-state index < -0.39 is 5.54 Å². The van der Waals surface area contributed by atoms with Gasteiger partial charge in [-0.1, -0.05) is 42.5 Å². The number of carbonyl (C=O) groups excluding carboxylic acids is 3. The summed E-state index contributed by atoms with van der Waals surface area (Å²) in [5, 5.41) is 5.85. The monoisotopic (exact) mass is 465 g/mol. The normalized spacial score (nSPS) is 20.0. The average Bonchev–Trinajstić information content (AvgIpc) is 2.80. The van der Waals surface area contributed by atoms with E-state index in [9.17, 15) is 18.8 Å². The van der Waals surface area contributed by atoms with Crippen molar-refractivity contribution in [2.45, 2.75) is 51.0 Å². The quantitative estimate of drug-likeness (QED) is 0.712. The van der Waals surface area contributed by atoms with Crippen LogP contribution in [-0.4, -0.2) is 47.8 Å². The van der Waals surface area contributed by atoms with Crippen molar-refractivity contribution in [3.05, 3.63) is 71.5 Å². The standard InChI is InChI=1S/C27H32FN3O3/c1-26(2,30-23(32)16-19-6-4-3-5-7-19)25(34)31-14-12-27(13-15-31)17-24(33)29-18-22(27)20-8-10-21(28)11-9-20/h3-11,22H,12-18H2,1-2H3,(H,29,33)(H,30,32)/t22-/m1/s1. The zero-order chi connectivity index (χ0) is 24.3. The van der Waals surface area contributed by atoms with Gasteiger partial charge in [-0.25, -0.2) is 4.39 Å². The first-order valence-electron chi connectivity index (χ1n) is 11.8. The Balaban J connectivity index is 1.41. The fourth-order valence-corrected chi connectivity index (χ4v) is 5.41. The van der Waals surface area contributed by atoms with Gasteiger partial charge in [-0.05, 0) is 55.4 Å². The highest BCUT2D eigenvalue weighted by atomic mass is 19.1. The van der Waals surface area contributed by atoms with E-state index in [4.69, 9.17) is 0 Å². The molecule has 0 radical (unpaired) electrons. The molecule has 1 spiro atoms. The number of likely N-dealkylation sites (tertiary alicyclic amines) is 1. The number of hydrogen-bond acceptors (Lipinski definition) is 3. The molecule has 2 N–H and O–H groups in total. The van der Waals surface area contributed by atoms with Crippen molar-refractivity contribution < 1.29 is 18.8 Å². The summed E-state index contributed by atoms with van der Waals surface area (Å²) < 4.78 is 13.5. The third-order valence-electron chi connectivity index (χ3n) is 7.27. The van der Waals surface area contributed by atoms with Crippen LogP contribution in [0.4, 0.5) is 4.39 Å². The van der Waals surface area contributed by atoms with E-state index in [1.54, 1.807) is 30.9 Å². The number of amides is 3. The second kappa shape index (κ2) is 9.57. The number of benzene rings is 2. The SMILES string of the molecule is CC(C)(NC(=O)Cc1ccccc1)C(=O)N1CCC2(CC1)CC(=O)NC[C@@H]2c1ccc(F)cc1. The van der Waals surface area contributed by atoms with Crippen LogP contribution in [0.2, 0.25) is 0 Å². The van der Waals surface area contributed by atoms with E-state index >= 15 is 0 Å². The predicted octanol–water partition coefficient (Wildman–Crippen LogP) is 3.18. The molecule has 0 unspecified atom stereocenters. The second-order valence-corrected chi connectivity index (χ2v) is 10.1. The molecule has 0 saturated carbocycles. The first-order chi connectivity index (χ1) is 16.2. The Hall–Kier alpha value is -3.22. The number of nitrogens with zero attached hydrogens (tertiary/aromatic N) is 1. The van der Waals surface area contributed by atoms with Crippen molar-refractivity contribution in [3.8, 4) is 0 Å². The highest BCUT2D eigenvalue weighted by Crippen LogP contribution is 2.48. The van der Waals surface area contributed by atoms with Gasteiger partial charge in [0.25, 0.3) is 0 Å². The van der Waals surface area contributed by atoms with Crippen LogP contribution >= 0.6 is 0 Å². The fraction of sp³-hybridized carbons (Fsp3) is 0.444. The van der Waals surface area contributed by atoms with Gasteiger partial charge in [0, 0.05) is 32.0 Å². The molecule has 6 nitrogen and oxygen atoms in total. The lowest BCUT2D eigenvalue weighted by Gasteiger charge is -2.49. The highest BCUT2D eigenvalue weighted by Gasteiger charge is 2.48. The minimum atomic E-state index is -1.03. The van der Waals surface area contributed by atoms with E-state index in [1.165, 1.54) is 12.1 Å². The van der Waals surface area contributed by atoms with Gasteiger partial charge < -0.3 is 15.5 Å². The van der Waals surface area contributed by atoms with Crippen molar-refractivity contribution >= 4 is 17.7 Å². The van der Waals surface area contributed by atoms with Crippen LogP contribution in [0.3, 0.4) is 0 Å². The number of carbonyl (C=O) groups is 3.